The maximum atomic E-state index is 5.38. The summed E-state index contributed by atoms with van der Waals surface area (Å²) in [5, 5.41) is 0. The van der Waals surface area contributed by atoms with Gasteiger partial charge in [0.2, 0.25) is 5.88 Å². The number of hydrogen-bond acceptors (Lipinski definition) is 5. The molecule has 1 aliphatic rings. The second-order valence-electron chi connectivity index (χ2n) is 4.20. The van der Waals surface area contributed by atoms with E-state index in [4.69, 9.17) is 4.74 Å². The zero-order chi connectivity index (χ0) is 12.1. The number of nitrogens with zero attached hydrogens (tertiary/aromatic N) is 3. The molecule has 94 valence electrons. The highest BCUT2D eigenvalue weighted by atomic mass is 32.2. The first-order valence-corrected chi connectivity index (χ1v) is 7.41. The molecular formula is C12H19N3OS. The van der Waals surface area contributed by atoms with Gasteiger partial charge in [-0.1, -0.05) is 0 Å². The van der Waals surface area contributed by atoms with Gasteiger partial charge in [0.1, 0.15) is 0 Å². The average molecular weight is 253 g/mol. The highest BCUT2D eigenvalue weighted by molar-refractivity contribution is 7.98. The molecule has 1 saturated heterocycles. The Kier molecular flexibility index (Phi) is 4.48. The Balaban J connectivity index is 2.00. The van der Waals surface area contributed by atoms with Crippen LogP contribution in [-0.4, -0.2) is 41.7 Å². The van der Waals surface area contributed by atoms with E-state index in [1.54, 1.807) is 6.20 Å². The lowest BCUT2D eigenvalue weighted by Crippen LogP contribution is -2.21. The largest absolute Gasteiger partial charge is 0.477 e. The number of anilines is 1. The van der Waals surface area contributed by atoms with E-state index in [-0.39, 0.29) is 0 Å². The molecule has 1 aromatic heterocycles. The molecule has 0 saturated carbocycles. The first-order valence-electron chi connectivity index (χ1n) is 6.02. The summed E-state index contributed by atoms with van der Waals surface area (Å²) in [6, 6.07) is 0. The summed E-state index contributed by atoms with van der Waals surface area (Å²) in [6.45, 7) is 4.76. The van der Waals surface area contributed by atoms with Crippen molar-refractivity contribution in [1.82, 2.24) is 9.97 Å². The minimum absolute atomic E-state index is 0.623. The van der Waals surface area contributed by atoms with Gasteiger partial charge in [0.25, 0.3) is 0 Å². The van der Waals surface area contributed by atoms with Crippen molar-refractivity contribution in [1.29, 1.82) is 0 Å². The topological polar surface area (TPSA) is 38.2 Å². The van der Waals surface area contributed by atoms with Crippen LogP contribution in [-0.2, 0) is 0 Å². The zero-order valence-corrected chi connectivity index (χ0v) is 11.2. The van der Waals surface area contributed by atoms with Crippen molar-refractivity contribution in [2.24, 2.45) is 5.92 Å². The van der Waals surface area contributed by atoms with Crippen LogP contribution in [0.25, 0.3) is 0 Å². The summed E-state index contributed by atoms with van der Waals surface area (Å²) in [5.41, 5.74) is 0. The molecule has 0 spiro atoms. The molecule has 17 heavy (non-hydrogen) atoms. The lowest BCUT2D eigenvalue weighted by atomic mass is 10.2. The van der Waals surface area contributed by atoms with E-state index in [9.17, 15) is 0 Å². The van der Waals surface area contributed by atoms with Crippen LogP contribution in [0.5, 0.6) is 5.88 Å². The summed E-state index contributed by atoms with van der Waals surface area (Å²) >= 11 is 1.92. The molecule has 4 nitrogen and oxygen atoms in total. The fourth-order valence-corrected chi connectivity index (χ4v) is 2.86. The summed E-state index contributed by atoms with van der Waals surface area (Å²) in [5.74, 6) is 3.58. The molecule has 2 rings (SSSR count). The van der Waals surface area contributed by atoms with E-state index in [0.717, 1.165) is 24.8 Å². The van der Waals surface area contributed by atoms with Gasteiger partial charge in [-0.15, -0.1) is 0 Å². The second-order valence-corrected chi connectivity index (χ2v) is 5.12. The third-order valence-corrected chi connectivity index (χ3v) is 3.71. The smallest absolute Gasteiger partial charge is 0.234 e. The Morgan fingerprint density at radius 2 is 2.41 bits per heavy atom. The number of thioether (sulfide) groups is 1. The van der Waals surface area contributed by atoms with Crippen molar-refractivity contribution in [3.05, 3.63) is 12.4 Å². The van der Waals surface area contributed by atoms with Crippen molar-refractivity contribution < 1.29 is 4.74 Å². The molecule has 1 fully saturated rings. The Hall–Kier alpha value is -0.970. The summed E-state index contributed by atoms with van der Waals surface area (Å²) in [7, 11) is 0. The van der Waals surface area contributed by atoms with Gasteiger partial charge < -0.3 is 9.64 Å². The van der Waals surface area contributed by atoms with Gasteiger partial charge >= 0.3 is 0 Å². The fourth-order valence-electron chi connectivity index (χ4n) is 2.12. The van der Waals surface area contributed by atoms with E-state index in [1.165, 1.54) is 12.2 Å². The van der Waals surface area contributed by atoms with Crippen molar-refractivity contribution >= 4 is 17.6 Å². The lowest BCUT2D eigenvalue weighted by molar-refractivity contribution is 0.325. The maximum absolute atomic E-state index is 5.38. The minimum Gasteiger partial charge on any atom is -0.477 e. The van der Waals surface area contributed by atoms with Gasteiger partial charge in [-0.2, -0.15) is 16.7 Å². The number of hydrogen-bond donors (Lipinski definition) is 0. The van der Waals surface area contributed by atoms with Gasteiger partial charge in [-0.25, -0.2) is 0 Å². The minimum atomic E-state index is 0.623. The first-order chi connectivity index (χ1) is 8.33. The normalized spacial score (nSPS) is 19.6. The van der Waals surface area contributed by atoms with E-state index >= 15 is 0 Å². The van der Waals surface area contributed by atoms with Crippen molar-refractivity contribution in [3.63, 3.8) is 0 Å². The van der Waals surface area contributed by atoms with Crippen molar-refractivity contribution in [2.45, 2.75) is 13.3 Å². The molecule has 0 aliphatic carbocycles. The second kappa shape index (κ2) is 6.10. The van der Waals surface area contributed by atoms with Gasteiger partial charge in [-0.3, -0.25) is 4.98 Å². The number of aromatic nitrogens is 2. The van der Waals surface area contributed by atoms with Gasteiger partial charge in [0, 0.05) is 13.1 Å². The van der Waals surface area contributed by atoms with E-state index < -0.39 is 0 Å². The average Bonchev–Trinajstić information content (AvgIpc) is 2.79. The van der Waals surface area contributed by atoms with Gasteiger partial charge in [0.05, 0.1) is 19.0 Å². The third kappa shape index (κ3) is 3.25. The predicted octanol–water partition coefficient (Wildman–Crippen LogP) is 2.06. The van der Waals surface area contributed by atoms with E-state index in [2.05, 4.69) is 21.1 Å². The van der Waals surface area contributed by atoms with E-state index in [1.807, 2.05) is 24.9 Å². The molecule has 0 bridgehead atoms. The van der Waals surface area contributed by atoms with Crippen LogP contribution in [0.3, 0.4) is 0 Å². The van der Waals surface area contributed by atoms with Crippen molar-refractivity contribution in [2.75, 3.05) is 36.6 Å². The molecule has 0 aromatic carbocycles. The fraction of sp³-hybridized carbons (Fsp3) is 0.667. The van der Waals surface area contributed by atoms with Crippen LogP contribution in [0, 0.1) is 5.92 Å². The van der Waals surface area contributed by atoms with Crippen LogP contribution in [0.4, 0.5) is 5.82 Å². The molecule has 1 atom stereocenters. The SMILES string of the molecule is CCOc1cncc(N2CC[C@@H](CSC)C2)n1. The molecule has 1 aromatic rings. The Bertz CT molecular complexity index is 361. The van der Waals surface area contributed by atoms with Crippen LogP contribution < -0.4 is 9.64 Å². The third-order valence-electron chi connectivity index (χ3n) is 2.90. The van der Waals surface area contributed by atoms with Gasteiger partial charge in [0.15, 0.2) is 5.82 Å². The molecule has 1 aliphatic heterocycles. The van der Waals surface area contributed by atoms with E-state index in [0.29, 0.717) is 12.5 Å². The Morgan fingerprint density at radius 3 is 3.18 bits per heavy atom. The van der Waals surface area contributed by atoms with Crippen LogP contribution >= 0.6 is 11.8 Å². The van der Waals surface area contributed by atoms with Gasteiger partial charge in [-0.05, 0) is 31.3 Å². The molecule has 0 amide bonds. The Morgan fingerprint density at radius 1 is 1.53 bits per heavy atom. The van der Waals surface area contributed by atoms with Crippen LogP contribution in [0.2, 0.25) is 0 Å². The highest BCUT2D eigenvalue weighted by Crippen LogP contribution is 2.24. The molecule has 0 radical (unpaired) electrons. The molecule has 2 heterocycles. The maximum Gasteiger partial charge on any atom is 0.234 e. The Labute approximate surface area is 107 Å². The quantitative estimate of drug-likeness (QED) is 0.803. The number of ether oxygens (including phenoxy) is 1. The number of rotatable bonds is 5. The molecule has 0 unspecified atom stereocenters. The molecular weight excluding hydrogens is 234 g/mol. The van der Waals surface area contributed by atoms with Crippen LogP contribution in [0.1, 0.15) is 13.3 Å². The summed E-state index contributed by atoms with van der Waals surface area (Å²) in [6.07, 6.45) is 6.91. The molecule has 0 N–H and O–H groups in total. The highest BCUT2D eigenvalue weighted by Gasteiger charge is 2.23. The van der Waals surface area contributed by atoms with Crippen LogP contribution in [0.15, 0.2) is 12.4 Å². The zero-order valence-electron chi connectivity index (χ0n) is 10.4. The summed E-state index contributed by atoms with van der Waals surface area (Å²) in [4.78, 5) is 11.0. The predicted molar refractivity (Wildman–Crippen MR) is 71.9 cm³/mol. The standard InChI is InChI=1S/C12H19N3OS/c1-3-16-12-7-13-6-11(14-12)15-5-4-10(8-15)9-17-2/h6-7,10H,3-5,8-9H2,1-2H3/t10-/m1/s1. The van der Waals surface area contributed by atoms with Crippen molar-refractivity contribution in [3.8, 4) is 5.88 Å². The first kappa shape index (κ1) is 12.5. The monoisotopic (exact) mass is 253 g/mol. The molecule has 5 heteroatoms. The lowest BCUT2D eigenvalue weighted by Gasteiger charge is -2.17. The summed E-state index contributed by atoms with van der Waals surface area (Å²) < 4.78 is 5.38.